The molecule has 126 valence electrons. The van der Waals surface area contributed by atoms with Crippen LogP contribution in [0.5, 0.6) is 0 Å². The summed E-state index contributed by atoms with van der Waals surface area (Å²) < 4.78 is 31.8. The predicted octanol–water partition coefficient (Wildman–Crippen LogP) is -4.48. The van der Waals surface area contributed by atoms with Gasteiger partial charge in [-0.15, -0.1) is 0 Å². The van der Waals surface area contributed by atoms with Crippen molar-refractivity contribution in [1.82, 2.24) is 0 Å². The van der Waals surface area contributed by atoms with E-state index in [4.69, 9.17) is 39.7 Å². The van der Waals surface area contributed by atoms with Gasteiger partial charge in [-0.05, 0) is 0 Å². The number of rotatable bonds is 4. The van der Waals surface area contributed by atoms with E-state index in [1.54, 1.807) is 0 Å². The average molecular weight is 350 g/mol. The van der Waals surface area contributed by atoms with Crippen molar-refractivity contribution in [1.29, 1.82) is 0 Å². The monoisotopic (exact) mass is 350 g/mol. The molecule has 0 unspecified atom stereocenters. The van der Waals surface area contributed by atoms with Gasteiger partial charge in [-0.3, -0.25) is 9.59 Å². The Morgan fingerprint density at radius 3 is 1.05 bits per heavy atom. The molecule has 0 fully saturated rings. The minimum absolute atomic E-state index is 0. The number of carbonyl (C=O) groups is 4. The van der Waals surface area contributed by atoms with Crippen molar-refractivity contribution < 1.29 is 87.9 Å². The molecule has 0 aromatic rings. The fourth-order valence-corrected chi connectivity index (χ4v) is 0.221. The Morgan fingerprint density at radius 1 is 0.864 bits per heavy atom. The Kier molecular flexibility index (Phi) is 15.6. The van der Waals surface area contributed by atoms with E-state index in [0.717, 1.165) is 0 Å². The second-order valence-electron chi connectivity index (χ2n) is 2.66. The van der Waals surface area contributed by atoms with Crippen molar-refractivity contribution in [2.75, 3.05) is 0 Å². The minimum atomic E-state index is -4.67. The molecule has 16 heteroatoms. The number of carboxylic acid groups (broad SMARTS) is 4. The smallest absolute Gasteiger partial charge is 1.00 e. The number of hydrogen-bond acceptors (Lipinski definition) is 5. The third-order valence-electron chi connectivity index (χ3n) is 0.840. The van der Waals surface area contributed by atoms with Crippen LogP contribution in [-0.4, -0.2) is 64.9 Å². The van der Waals surface area contributed by atoms with Gasteiger partial charge in [0, 0.05) is 0 Å². The molecule has 0 aliphatic rings. The molecule has 7 N–H and O–H groups in total. The molecule has 0 aromatic heterocycles. The van der Waals surface area contributed by atoms with E-state index < -0.39 is 44.0 Å². The molecule has 0 aliphatic carbocycles. The Balaban J connectivity index is -0.0000000701. The van der Waals surface area contributed by atoms with Crippen LogP contribution < -0.4 is 18.9 Å². The third-order valence-corrected chi connectivity index (χ3v) is 0.840. The van der Waals surface area contributed by atoms with Gasteiger partial charge in [-0.2, -0.15) is 8.78 Å². The first-order chi connectivity index (χ1) is 9.01. The molecule has 0 heterocycles. The SMILES string of the molecule is O=C(O)C(F)(F)C(=O)O.O=C(O)CC(=O)O.O=P(O)(O)O.[H-].[Li+]. The fourth-order valence-electron chi connectivity index (χ4n) is 0.221. The summed E-state index contributed by atoms with van der Waals surface area (Å²) in [5.74, 6) is -12.6. The number of hydrogen-bond donors (Lipinski definition) is 7. The van der Waals surface area contributed by atoms with Crippen molar-refractivity contribution in [2.24, 2.45) is 0 Å². The summed E-state index contributed by atoms with van der Waals surface area (Å²) in [6.45, 7) is 0. The van der Waals surface area contributed by atoms with Gasteiger partial charge >= 0.3 is 56.5 Å². The maximum Gasteiger partial charge on any atom is 1.00 e. The summed E-state index contributed by atoms with van der Waals surface area (Å²) in [5, 5.41) is 30.4. The predicted molar refractivity (Wildman–Crippen MR) is 55.5 cm³/mol. The van der Waals surface area contributed by atoms with E-state index in [-0.39, 0.29) is 20.3 Å². The number of alkyl halides is 2. The molecule has 0 bridgehead atoms. The first kappa shape index (κ1) is 28.6. The molecule has 0 aromatic carbocycles. The van der Waals surface area contributed by atoms with Gasteiger partial charge in [-0.25, -0.2) is 14.2 Å². The summed E-state index contributed by atoms with van der Waals surface area (Å²) in [5.41, 5.74) is 0. The fraction of sp³-hybridized carbons (Fsp3) is 0.333. The number of aliphatic carboxylic acids is 4. The van der Waals surface area contributed by atoms with Crippen molar-refractivity contribution in [3.63, 3.8) is 0 Å². The van der Waals surface area contributed by atoms with Crippen molar-refractivity contribution in [2.45, 2.75) is 12.3 Å². The largest absolute Gasteiger partial charge is 1.00 e. The quantitative estimate of drug-likeness (QED) is 0.145. The van der Waals surface area contributed by atoms with E-state index in [1.807, 2.05) is 0 Å². The zero-order chi connectivity index (χ0) is 18.0. The van der Waals surface area contributed by atoms with Crippen LogP contribution in [0.25, 0.3) is 0 Å². The van der Waals surface area contributed by atoms with Crippen LogP contribution in [0, 0.1) is 0 Å². The first-order valence-electron chi connectivity index (χ1n) is 4.08. The van der Waals surface area contributed by atoms with Gasteiger partial charge < -0.3 is 36.5 Å². The molecule has 0 saturated carbocycles. The molecule has 22 heavy (non-hydrogen) atoms. The van der Waals surface area contributed by atoms with Crippen LogP contribution in [0.2, 0.25) is 0 Å². The first-order valence-corrected chi connectivity index (χ1v) is 5.64. The van der Waals surface area contributed by atoms with Gasteiger partial charge in [0.2, 0.25) is 0 Å². The minimum Gasteiger partial charge on any atom is -1.00 e. The normalized spacial score (nSPS) is 9.68. The molecule has 0 saturated heterocycles. The molecule has 0 aliphatic heterocycles. The van der Waals surface area contributed by atoms with Crippen molar-refractivity contribution in [3.8, 4) is 0 Å². The van der Waals surface area contributed by atoms with E-state index >= 15 is 0 Å². The third kappa shape index (κ3) is 26.9. The van der Waals surface area contributed by atoms with E-state index in [1.165, 1.54) is 0 Å². The summed E-state index contributed by atoms with van der Waals surface area (Å²) in [4.78, 5) is 59.1. The maximum atomic E-state index is 11.5. The van der Waals surface area contributed by atoms with Crippen LogP contribution in [-0.2, 0) is 23.7 Å². The maximum absolute atomic E-state index is 11.5. The van der Waals surface area contributed by atoms with Crippen LogP contribution in [0.1, 0.15) is 7.85 Å². The molecule has 0 radical (unpaired) electrons. The van der Waals surface area contributed by atoms with Gasteiger partial charge in [0.05, 0.1) is 0 Å². The zero-order valence-electron chi connectivity index (χ0n) is 11.6. The Morgan fingerprint density at radius 2 is 1.05 bits per heavy atom. The number of phosphoric acid groups is 1. The average Bonchev–Trinajstić information content (AvgIpc) is 2.12. The molecule has 0 amide bonds. The van der Waals surface area contributed by atoms with Crippen LogP contribution in [0.4, 0.5) is 8.78 Å². The second kappa shape index (κ2) is 12.0. The molecular formula is C6H10F2LiO12P. The Bertz CT molecular complexity index is 415. The van der Waals surface area contributed by atoms with Crippen LogP contribution in [0.15, 0.2) is 0 Å². The molecule has 12 nitrogen and oxygen atoms in total. The van der Waals surface area contributed by atoms with Gasteiger partial charge in [-0.1, -0.05) is 0 Å². The van der Waals surface area contributed by atoms with E-state index in [2.05, 4.69) is 0 Å². The van der Waals surface area contributed by atoms with Gasteiger partial charge in [0.15, 0.2) is 0 Å². The number of halogens is 2. The Labute approximate surface area is 132 Å². The van der Waals surface area contributed by atoms with E-state index in [9.17, 15) is 28.0 Å². The Hall–Kier alpha value is -1.55. The van der Waals surface area contributed by atoms with Gasteiger partial charge in [0.25, 0.3) is 0 Å². The summed E-state index contributed by atoms with van der Waals surface area (Å²) in [7, 11) is -4.64. The van der Waals surface area contributed by atoms with Crippen molar-refractivity contribution in [3.05, 3.63) is 0 Å². The molecule has 0 atom stereocenters. The molecule has 0 rings (SSSR count). The molecule has 0 spiro atoms. The summed E-state index contributed by atoms with van der Waals surface area (Å²) in [6, 6.07) is 0. The summed E-state index contributed by atoms with van der Waals surface area (Å²) >= 11 is 0. The van der Waals surface area contributed by atoms with Crippen LogP contribution >= 0.6 is 7.82 Å². The number of carboxylic acids is 4. The second-order valence-corrected chi connectivity index (χ2v) is 3.69. The van der Waals surface area contributed by atoms with Crippen LogP contribution in [0.3, 0.4) is 0 Å². The topological polar surface area (TPSA) is 227 Å². The van der Waals surface area contributed by atoms with Crippen molar-refractivity contribution >= 4 is 31.7 Å². The standard InChI is InChI=1S/C3H2F2O4.C3H4O4.Li.H3O4P.H/c4-3(5,1(6)7)2(8)9;4-2(5)1-3(6)7;;1-5(2,3)4;/h(H,6,7)(H,8,9);1H2,(H,4,5)(H,6,7);;(H3,1,2,3,4);/q;;+1;;-1. The van der Waals surface area contributed by atoms with E-state index in [0.29, 0.717) is 0 Å². The molecular weight excluding hydrogens is 340 g/mol. The zero-order valence-corrected chi connectivity index (χ0v) is 11.5. The summed E-state index contributed by atoms with van der Waals surface area (Å²) in [6.07, 6.45) is -0.806. The van der Waals surface area contributed by atoms with Gasteiger partial charge in [0.1, 0.15) is 6.42 Å².